The summed E-state index contributed by atoms with van der Waals surface area (Å²) in [4.78, 5) is 12.7. The van der Waals surface area contributed by atoms with Gasteiger partial charge < -0.3 is 4.74 Å². The Kier molecular flexibility index (Phi) is 6.36. The molecule has 0 aliphatic heterocycles. The molecule has 0 saturated heterocycles. The van der Waals surface area contributed by atoms with E-state index in [-0.39, 0.29) is 34.7 Å². The number of halogens is 4. The van der Waals surface area contributed by atoms with E-state index >= 15 is 0 Å². The summed E-state index contributed by atoms with van der Waals surface area (Å²) in [5.41, 5.74) is 6.10. The second kappa shape index (κ2) is 8.42. The SMILES string of the molecule is CC1(C)[C@H](C(=O)OCc2cccc3c2CCCc2ccccc2-3)[C@@H]1C(Br)C(Cl)(Cl)Br. The molecule has 0 bridgehead atoms. The summed E-state index contributed by atoms with van der Waals surface area (Å²) in [6.45, 7) is 4.39. The van der Waals surface area contributed by atoms with Crippen molar-refractivity contribution in [2.24, 2.45) is 17.3 Å². The number of rotatable bonds is 5. The first-order valence-electron chi connectivity index (χ1n) is 10.2. The van der Waals surface area contributed by atoms with Crippen LogP contribution in [-0.4, -0.2) is 14.0 Å². The van der Waals surface area contributed by atoms with Gasteiger partial charge in [0.25, 0.3) is 0 Å². The number of esters is 1. The van der Waals surface area contributed by atoms with E-state index in [1.807, 2.05) is 0 Å². The van der Waals surface area contributed by atoms with Gasteiger partial charge >= 0.3 is 5.97 Å². The molecule has 0 radical (unpaired) electrons. The highest BCUT2D eigenvalue weighted by Crippen LogP contribution is 2.65. The molecule has 0 spiro atoms. The van der Waals surface area contributed by atoms with Crippen LogP contribution < -0.4 is 0 Å². The molecule has 3 atom stereocenters. The second-order valence-corrected chi connectivity index (χ2v) is 13.4. The lowest BCUT2D eigenvalue weighted by molar-refractivity contribution is -0.147. The van der Waals surface area contributed by atoms with Gasteiger partial charge in [0.05, 0.1) is 10.7 Å². The number of benzene rings is 2. The topological polar surface area (TPSA) is 26.3 Å². The summed E-state index contributed by atoms with van der Waals surface area (Å²) < 4.78 is 4.68. The summed E-state index contributed by atoms with van der Waals surface area (Å²) in [5, 5.41) is 0. The van der Waals surface area contributed by atoms with Crippen LogP contribution in [0.4, 0.5) is 0 Å². The van der Waals surface area contributed by atoms with Gasteiger partial charge in [-0.2, -0.15) is 0 Å². The number of ether oxygens (including phenoxy) is 1. The molecular formula is C24H24Br2Cl2O2. The van der Waals surface area contributed by atoms with Crippen LogP contribution in [0.2, 0.25) is 0 Å². The van der Waals surface area contributed by atoms with Crippen LogP contribution in [0.25, 0.3) is 11.1 Å². The van der Waals surface area contributed by atoms with Crippen LogP contribution in [0.1, 0.15) is 37.0 Å². The fourth-order valence-electron chi connectivity index (χ4n) is 4.89. The number of hydrogen-bond donors (Lipinski definition) is 0. The minimum atomic E-state index is -1.13. The van der Waals surface area contributed by atoms with Gasteiger partial charge in [0.15, 0.2) is 3.24 Å². The summed E-state index contributed by atoms with van der Waals surface area (Å²) in [7, 11) is 0. The highest BCUT2D eigenvalue weighted by molar-refractivity contribution is 9.13. The van der Waals surface area contributed by atoms with Crippen molar-refractivity contribution in [2.75, 3.05) is 0 Å². The molecule has 1 fully saturated rings. The molecule has 0 N–H and O–H groups in total. The van der Waals surface area contributed by atoms with Crippen LogP contribution >= 0.6 is 55.1 Å². The van der Waals surface area contributed by atoms with Crippen molar-refractivity contribution in [2.45, 2.75) is 47.8 Å². The van der Waals surface area contributed by atoms with Gasteiger partial charge in [0, 0.05) is 0 Å². The largest absolute Gasteiger partial charge is 0.461 e. The maximum absolute atomic E-state index is 12.9. The molecule has 1 unspecified atom stereocenters. The molecule has 1 saturated carbocycles. The van der Waals surface area contributed by atoms with Crippen LogP contribution in [0.15, 0.2) is 42.5 Å². The van der Waals surface area contributed by atoms with Crippen molar-refractivity contribution in [1.82, 2.24) is 0 Å². The van der Waals surface area contributed by atoms with E-state index in [9.17, 15) is 4.79 Å². The number of carbonyl (C=O) groups is 1. The maximum atomic E-state index is 12.9. The van der Waals surface area contributed by atoms with E-state index in [1.54, 1.807) is 0 Å². The molecule has 0 amide bonds. The highest BCUT2D eigenvalue weighted by atomic mass is 79.9. The molecule has 0 heterocycles. The zero-order valence-electron chi connectivity index (χ0n) is 16.9. The van der Waals surface area contributed by atoms with Gasteiger partial charge in [0.2, 0.25) is 0 Å². The molecule has 2 aliphatic carbocycles. The molecule has 2 aliphatic rings. The minimum Gasteiger partial charge on any atom is -0.461 e. The van der Waals surface area contributed by atoms with Crippen molar-refractivity contribution in [1.29, 1.82) is 0 Å². The average molecular weight is 575 g/mol. The third kappa shape index (κ3) is 4.22. The number of hydrogen-bond acceptors (Lipinski definition) is 2. The van der Waals surface area contributed by atoms with Crippen LogP contribution in [0.5, 0.6) is 0 Å². The summed E-state index contributed by atoms with van der Waals surface area (Å²) in [6, 6.07) is 14.9. The molecule has 2 aromatic carbocycles. The fourth-order valence-corrected chi connectivity index (χ4v) is 6.43. The van der Waals surface area contributed by atoms with Gasteiger partial charge in [-0.25, -0.2) is 0 Å². The normalized spacial score (nSPS) is 23.0. The van der Waals surface area contributed by atoms with E-state index in [0.717, 1.165) is 24.8 Å². The third-order valence-electron chi connectivity index (χ3n) is 6.62. The molecular weight excluding hydrogens is 551 g/mol. The predicted molar refractivity (Wildman–Crippen MR) is 131 cm³/mol. The number of fused-ring (bicyclic) bond motifs is 3. The summed E-state index contributed by atoms with van der Waals surface area (Å²) in [5.74, 6) is -0.426. The van der Waals surface area contributed by atoms with Crippen molar-refractivity contribution >= 4 is 61.0 Å². The van der Waals surface area contributed by atoms with E-state index in [0.29, 0.717) is 0 Å². The zero-order valence-corrected chi connectivity index (χ0v) is 21.6. The number of aryl methyl sites for hydroxylation is 1. The average Bonchev–Trinajstić information content (AvgIpc) is 3.32. The highest BCUT2D eigenvalue weighted by Gasteiger charge is 2.67. The third-order valence-corrected chi connectivity index (χ3v) is 9.98. The summed E-state index contributed by atoms with van der Waals surface area (Å²) in [6.07, 6.45) is 3.15. The van der Waals surface area contributed by atoms with Gasteiger partial charge in [-0.1, -0.05) is 95.4 Å². The first-order chi connectivity index (χ1) is 14.1. The van der Waals surface area contributed by atoms with Crippen molar-refractivity contribution < 1.29 is 9.53 Å². The Bertz CT molecular complexity index is 968. The molecule has 6 heteroatoms. The Morgan fingerprint density at radius 1 is 1.17 bits per heavy atom. The van der Waals surface area contributed by atoms with Crippen LogP contribution in [-0.2, 0) is 29.0 Å². The molecule has 2 nitrogen and oxygen atoms in total. The van der Waals surface area contributed by atoms with Gasteiger partial charge in [-0.3, -0.25) is 4.79 Å². The smallest absolute Gasteiger partial charge is 0.310 e. The lowest BCUT2D eigenvalue weighted by Gasteiger charge is -2.20. The Balaban J connectivity index is 1.52. The molecule has 2 aromatic rings. The first kappa shape index (κ1) is 22.6. The first-order valence-corrected chi connectivity index (χ1v) is 12.7. The zero-order chi connectivity index (χ0) is 21.7. The van der Waals surface area contributed by atoms with E-state index in [2.05, 4.69) is 88.2 Å². The molecule has 4 rings (SSSR count). The fraction of sp³-hybridized carbons (Fsp3) is 0.458. The van der Waals surface area contributed by atoms with Gasteiger partial charge in [-0.05, 0) is 74.3 Å². The second-order valence-electron chi connectivity index (χ2n) is 8.83. The quantitative estimate of drug-likeness (QED) is 0.274. The van der Waals surface area contributed by atoms with E-state index in [1.165, 1.54) is 22.3 Å². The van der Waals surface area contributed by atoms with Crippen molar-refractivity contribution in [3.8, 4) is 11.1 Å². The van der Waals surface area contributed by atoms with Gasteiger partial charge in [0.1, 0.15) is 6.61 Å². The monoisotopic (exact) mass is 572 g/mol. The Hall–Kier alpha value is -0.550. The Morgan fingerprint density at radius 3 is 2.60 bits per heavy atom. The lowest BCUT2D eigenvalue weighted by Crippen LogP contribution is -2.23. The van der Waals surface area contributed by atoms with E-state index in [4.69, 9.17) is 27.9 Å². The predicted octanol–water partition coefficient (Wildman–Crippen LogP) is 7.45. The standard InChI is InChI=1S/C24H24Br2Cl2O2/c1-23(2)19(21(25)24(26,27)28)20(23)22(29)30-13-15-9-6-12-18-16-10-4-3-7-14(16)8-5-11-17(15)18/h3-4,6-7,9-10,12,19-21H,5,8,11,13H2,1-2H3/t19-,20+,21?/m1/s1. The summed E-state index contributed by atoms with van der Waals surface area (Å²) >= 11 is 19.3. The number of carbonyl (C=O) groups excluding carboxylic acids is 1. The molecule has 0 aromatic heterocycles. The number of alkyl halides is 4. The van der Waals surface area contributed by atoms with Gasteiger partial charge in [-0.15, -0.1) is 0 Å². The van der Waals surface area contributed by atoms with Crippen LogP contribution in [0, 0.1) is 17.3 Å². The lowest BCUT2D eigenvalue weighted by atomic mass is 9.93. The van der Waals surface area contributed by atoms with Crippen molar-refractivity contribution in [3.63, 3.8) is 0 Å². The Labute approximate surface area is 204 Å². The maximum Gasteiger partial charge on any atom is 0.310 e. The van der Waals surface area contributed by atoms with Crippen molar-refractivity contribution in [3.05, 3.63) is 59.2 Å². The molecule has 30 heavy (non-hydrogen) atoms. The van der Waals surface area contributed by atoms with Crippen LogP contribution in [0.3, 0.4) is 0 Å². The Morgan fingerprint density at radius 2 is 1.87 bits per heavy atom. The van der Waals surface area contributed by atoms with E-state index < -0.39 is 3.24 Å². The molecule has 160 valence electrons. The minimum absolute atomic E-state index is 0.000796.